The number of nitrogens with one attached hydrogen (secondary N) is 1. The summed E-state index contributed by atoms with van der Waals surface area (Å²) in [6.45, 7) is 7.19. The molecular weight excluding hydrogens is 193 g/mol. The van der Waals surface area contributed by atoms with Crippen molar-refractivity contribution in [1.82, 2.24) is 5.32 Å². The Morgan fingerprint density at radius 3 is 2.73 bits per heavy atom. The van der Waals surface area contributed by atoms with Gasteiger partial charge in [0.15, 0.2) is 0 Å². The highest BCUT2D eigenvalue weighted by Gasteiger charge is 2.15. The first-order chi connectivity index (χ1) is 7.20. The van der Waals surface area contributed by atoms with Crippen LogP contribution in [0.4, 0.5) is 4.39 Å². The molecule has 15 heavy (non-hydrogen) atoms. The van der Waals surface area contributed by atoms with Gasteiger partial charge in [0.1, 0.15) is 11.6 Å². The average molecular weight is 211 g/mol. The zero-order valence-electron chi connectivity index (χ0n) is 9.51. The van der Waals surface area contributed by atoms with Crippen molar-refractivity contribution >= 4 is 0 Å². The van der Waals surface area contributed by atoms with Gasteiger partial charge in [-0.2, -0.15) is 0 Å². The van der Waals surface area contributed by atoms with Crippen LogP contribution in [0.5, 0.6) is 5.75 Å². The lowest BCUT2D eigenvalue weighted by Gasteiger charge is -2.17. The summed E-state index contributed by atoms with van der Waals surface area (Å²) < 4.78 is 19.0. The molecule has 84 valence electrons. The van der Waals surface area contributed by atoms with Crippen molar-refractivity contribution in [2.45, 2.75) is 26.8 Å². The summed E-state index contributed by atoms with van der Waals surface area (Å²) in [6, 6.07) is 4.90. The Kier molecular flexibility index (Phi) is 4.56. The Morgan fingerprint density at radius 2 is 2.13 bits per heavy atom. The normalized spacial score (nSPS) is 12.5. The molecular formula is C12H18FNO. The van der Waals surface area contributed by atoms with Crippen LogP contribution < -0.4 is 10.1 Å². The van der Waals surface area contributed by atoms with Crippen LogP contribution in [0, 0.1) is 5.82 Å². The van der Waals surface area contributed by atoms with E-state index in [4.69, 9.17) is 4.74 Å². The average Bonchev–Trinajstić information content (AvgIpc) is 2.18. The van der Waals surface area contributed by atoms with E-state index in [2.05, 4.69) is 5.32 Å². The lowest BCUT2D eigenvalue weighted by Crippen LogP contribution is -2.19. The lowest BCUT2D eigenvalue weighted by atomic mass is 10.1. The van der Waals surface area contributed by atoms with Crippen molar-refractivity contribution in [3.63, 3.8) is 0 Å². The van der Waals surface area contributed by atoms with Crippen molar-refractivity contribution in [3.8, 4) is 5.75 Å². The molecule has 1 aromatic rings. The smallest absolute Gasteiger partial charge is 0.131 e. The zero-order valence-corrected chi connectivity index (χ0v) is 9.51. The molecule has 2 nitrogen and oxygen atoms in total. The Morgan fingerprint density at radius 1 is 1.40 bits per heavy atom. The first-order valence-corrected chi connectivity index (χ1v) is 5.35. The second-order valence-corrected chi connectivity index (χ2v) is 3.36. The van der Waals surface area contributed by atoms with Crippen molar-refractivity contribution in [2.24, 2.45) is 0 Å². The van der Waals surface area contributed by atoms with Crippen LogP contribution in [0.25, 0.3) is 0 Å². The minimum Gasteiger partial charge on any atom is -0.493 e. The molecule has 0 aliphatic heterocycles. The molecule has 0 fully saturated rings. The third-order valence-corrected chi connectivity index (χ3v) is 2.26. The van der Waals surface area contributed by atoms with Crippen LogP contribution in [0.3, 0.4) is 0 Å². The minimum atomic E-state index is -0.214. The maximum Gasteiger partial charge on any atom is 0.131 e. The molecule has 1 rings (SSSR count). The molecule has 0 aromatic heterocycles. The van der Waals surface area contributed by atoms with Gasteiger partial charge in [0.25, 0.3) is 0 Å². The molecule has 1 unspecified atom stereocenters. The van der Waals surface area contributed by atoms with Crippen molar-refractivity contribution < 1.29 is 9.13 Å². The Labute approximate surface area is 90.4 Å². The van der Waals surface area contributed by atoms with Gasteiger partial charge in [0.05, 0.1) is 6.61 Å². The molecule has 1 aromatic carbocycles. The Bertz CT molecular complexity index is 314. The van der Waals surface area contributed by atoms with Crippen LogP contribution in [-0.2, 0) is 0 Å². The van der Waals surface area contributed by atoms with Gasteiger partial charge < -0.3 is 10.1 Å². The molecule has 1 atom stereocenters. The quantitative estimate of drug-likeness (QED) is 0.808. The van der Waals surface area contributed by atoms with Gasteiger partial charge in [0, 0.05) is 11.6 Å². The summed E-state index contributed by atoms with van der Waals surface area (Å²) in [5, 5.41) is 3.18. The van der Waals surface area contributed by atoms with E-state index in [-0.39, 0.29) is 11.9 Å². The van der Waals surface area contributed by atoms with Crippen molar-refractivity contribution in [2.75, 3.05) is 13.2 Å². The number of benzene rings is 1. The number of hydrogen-bond acceptors (Lipinski definition) is 2. The molecule has 0 saturated carbocycles. The SMILES string of the molecule is CCNC(C)c1c(F)cccc1OCC. The lowest BCUT2D eigenvalue weighted by molar-refractivity contribution is 0.329. The molecule has 0 bridgehead atoms. The molecule has 0 saturated heterocycles. The predicted molar refractivity (Wildman–Crippen MR) is 59.7 cm³/mol. The molecule has 0 spiro atoms. The minimum absolute atomic E-state index is 0.0299. The van der Waals surface area contributed by atoms with Gasteiger partial charge in [-0.3, -0.25) is 0 Å². The largest absolute Gasteiger partial charge is 0.493 e. The summed E-state index contributed by atoms with van der Waals surface area (Å²) in [7, 11) is 0. The van der Waals surface area contributed by atoms with E-state index in [1.165, 1.54) is 6.07 Å². The fourth-order valence-corrected chi connectivity index (χ4v) is 1.63. The highest BCUT2D eigenvalue weighted by Crippen LogP contribution is 2.27. The Balaban J connectivity index is 3.00. The Hall–Kier alpha value is -1.09. The summed E-state index contributed by atoms with van der Waals surface area (Å²) in [4.78, 5) is 0. The van der Waals surface area contributed by atoms with Gasteiger partial charge in [0.2, 0.25) is 0 Å². The summed E-state index contributed by atoms with van der Waals surface area (Å²) in [5.41, 5.74) is 0.612. The second kappa shape index (κ2) is 5.71. The van der Waals surface area contributed by atoms with Crippen molar-refractivity contribution in [3.05, 3.63) is 29.6 Å². The maximum atomic E-state index is 13.6. The van der Waals surface area contributed by atoms with Gasteiger partial charge >= 0.3 is 0 Å². The van der Waals surface area contributed by atoms with E-state index in [1.54, 1.807) is 12.1 Å². The second-order valence-electron chi connectivity index (χ2n) is 3.36. The molecule has 0 amide bonds. The van der Waals surface area contributed by atoms with E-state index in [0.29, 0.717) is 17.9 Å². The third-order valence-electron chi connectivity index (χ3n) is 2.26. The van der Waals surface area contributed by atoms with Crippen LogP contribution in [0.1, 0.15) is 32.4 Å². The van der Waals surface area contributed by atoms with Gasteiger partial charge in [-0.05, 0) is 32.5 Å². The molecule has 0 radical (unpaired) electrons. The maximum absolute atomic E-state index is 13.6. The topological polar surface area (TPSA) is 21.3 Å². The molecule has 0 aliphatic rings. The highest BCUT2D eigenvalue weighted by molar-refractivity contribution is 5.36. The first kappa shape index (κ1) is 12.0. The molecule has 3 heteroatoms. The van der Waals surface area contributed by atoms with E-state index in [9.17, 15) is 4.39 Å². The van der Waals surface area contributed by atoms with Gasteiger partial charge in [-0.15, -0.1) is 0 Å². The van der Waals surface area contributed by atoms with E-state index in [0.717, 1.165) is 6.54 Å². The number of rotatable bonds is 5. The van der Waals surface area contributed by atoms with Gasteiger partial charge in [-0.25, -0.2) is 4.39 Å². The molecule has 0 aliphatic carbocycles. The van der Waals surface area contributed by atoms with Crippen LogP contribution >= 0.6 is 0 Å². The summed E-state index contributed by atoms with van der Waals surface area (Å²) in [6.07, 6.45) is 0. The zero-order chi connectivity index (χ0) is 11.3. The number of hydrogen-bond donors (Lipinski definition) is 1. The van der Waals surface area contributed by atoms with Gasteiger partial charge in [-0.1, -0.05) is 13.0 Å². The predicted octanol–water partition coefficient (Wildman–Crippen LogP) is 2.89. The van der Waals surface area contributed by atoms with Crippen LogP contribution in [0.15, 0.2) is 18.2 Å². The van der Waals surface area contributed by atoms with E-state index < -0.39 is 0 Å². The van der Waals surface area contributed by atoms with E-state index in [1.807, 2.05) is 20.8 Å². The molecule has 0 heterocycles. The highest BCUT2D eigenvalue weighted by atomic mass is 19.1. The standard InChI is InChI=1S/C12H18FNO/c1-4-14-9(3)12-10(13)7-6-8-11(12)15-5-2/h6-9,14H,4-5H2,1-3H3. The van der Waals surface area contributed by atoms with Crippen molar-refractivity contribution in [1.29, 1.82) is 0 Å². The number of ether oxygens (including phenoxy) is 1. The molecule has 1 N–H and O–H groups in total. The monoisotopic (exact) mass is 211 g/mol. The van der Waals surface area contributed by atoms with Crippen LogP contribution in [0.2, 0.25) is 0 Å². The number of halogens is 1. The van der Waals surface area contributed by atoms with E-state index >= 15 is 0 Å². The first-order valence-electron chi connectivity index (χ1n) is 5.35. The fourth-order valence-electron chi connectivity index (χ4n) is 1.63. The summed E-state index contributed by atoms with van der Waals surface area (Å²) in [5.74, 6) is 0.417. The van der Waals surface area contributed by atoms with Crippen LogP contribution in [-0.4, -0.2) is 13.2 Å². The third kappa shape index (κ3) is 2.93. The summed E-state index contributed by atoms with van der Waals surface area (Å²) >= 11 is 0. The fraction of sp³-hybridized carbons (Fsp3) is 0.500.